The maximum atomic E-state index is 10.6. The van der Waals surface area contributed by atoms with Crippen molar-refractivity contribution in [3.63, 3.8) is 0 Å². The van der Waals surface area contributed by atoms with E-state index in [2.05, 4.69) is 76.9 Å². The summed E-state index contributed by atoms with van der Waals surface area (Å²) in [6.45, 7) is 4.64. The van der Waals surface area contributed by atoms with E-state index < -0.39 is 12.1 Å². The first-order chi connectivity index (χ1) is 15.8. The largest absolute Gasteiger partial charge is 0.490 e. The molecule has 2 aliphatic rings. The van der Waals surface area contributed by atoms with Gasteiger partial charge in [-0.3, -0.25) is 4.98 Å². The second-order valence-electron chi connectivity index (χ2n) is 8.23. The molecule has 1 aromatic heterocycles. The fourth-order valence-electron chi connectivity index (χ4n) is 4.30. The second-order valence-corrected chi connectivity index (χ2v) is 8.23. The Balaban J connectivity index is 0.000000325. The lowest BCUT2D eigenvalue weighted by molar-refractivity contribution is -0.192. The van der Waals surface area contributed by atoms with Gasteiger partial charge in [-0.25, -0.2) is 4.79 Å². The zero-order valence-corrected chi connectivity index (χ0v) is 17.8. The third-order valence-electron chi connectivity index (χ3n) is 6.01. The number of anilines is 1. The minimum absolute atomic E-state index is 0.803. The van der Waals surface area contributed by atoms with Crippen LogP contribution in [0, 0.1) is 11.8 Å². The number of hydrogen-bond acceptors (Lipinski definition) is 4. The summed E-state index contributed by atoms with van der Waals surface area (Å²) in [5.74, 6) is -1.15. The molecule has 172 valence electrons. The van der Waals surface area contributed by atoms with Crippen molar-refractivity contribution < 1.29 is 23.1 Å². The van der Waals surface area contributed by atoms with Crippen LogP contribution in [-0.4, -0.2) is 48.4 Å². The molecule has 0 bridgehead atoms. The molecule has 33 heavy (non-hydrogen) atoms. The van der Waals surface area contributed by atoms with E-state index in [9.17, 15) is 13.2 Å². The van der Waals surface area contributed by atoms with Gasteiger partial charge in [0.1, 0.15) is 0 Å². The van der Waals surface area contributed by atoms with Crippen LogP contribution in [0.4, 0.5) is 18.9 Å². The van der Waals surface area contributed by atoms with Crippen molar-refractivity contribution in [3.05, 3.63) is 72.9 Å². The third kappa shape index (κ3) is 5.51. The summed E-state index contributed by atoms with van der Waals surface area (Å²) in [6, 6.07) is 23.5. The number of carboxylic acids is 1. The number of pyridine rings is 1. The van der Waals surface area contributed by atoms with Crippen LogP contribution in [0.15, 0.2) is 72.9 Å². The molecule has 2 saturated heterocycles. The molecule has 0 aliphatic carbocycles. The van der Waals surface area contributed by atoms with Crippen molar-refractivity contribution in [2.75, 3.05) is 31.1 Å². The van der Waals surface area contributed by atoms with Gasteiger partial charge in [-0.2, -0.15) is 13.2 Å². The molecule has 2 atom stereocenters. The summed E-state index contributed by atoms with van der Waals surface area (Å²) in [5.41, 5.74) is 5.92. The number of alkyl halides is 3. The van der Waals surface area contributed by atoms with Gasteiger partial charge in [-0.1, -0.05) is 48.5 Å². The van der Waals surface area contributed by atoms with E-state index in [0.717, 1.165) is 30.6 Å². The van der Waals surface area contributed by atoms with Gasteiger partial charge < -0.3 is 15.3 Å². The number of nitrogens with one attached hydrogen (secondary N) is 1. The minimum Gasteiger partial charge on any atom is -0.475 e. The monoisotopic (exact) mass is 455 g/mol. The molecule has 2 aromatic carbocycles. The van der Waals surface area contributed by atoms with Crippen LogP contribution in [0.5, 0.6) is 0 Å². The van der Waals surface area contributed by atoms with Crippen LogP contribution in [0.3, 0.4) is 0 Å². The average Bonchev–Trinajstić information content (AvgIpc) is 3.42. The van der Waals surface area contributed by atoms with Crippen LogP contribution in [0.25, 0.3) is 22.4 Å². The van der Waals surface area contributed by atoms with Crippen LogP contribution < -0.4 is 10.2 Å². The molecule has 2 fully saturated rings. The number of halogens is 3. The van der Waals surface area contributed by atoms with E-state index in [1.807, 2.05) is 6.20 Å². The highest BCUT2D eigenvalue weighted by molar-refractivity contribution is 5.73. The number of hydrogen-bond donors (Lipinski definition) is 2. The number of fused-ring (bicyclic) bond motifs is 1. The number of aliphatic carboxylic acids is 1. The van der Waals surface area contributed by atoms with E-state index >= 15 is 0 Å². The Kier molecular flexibility index (Phi) is 6.65. The maximum absolute atomic E-state index is 10.6. The van der Waals surface area contributed by atoms with E-state index in [0.29, 0.717) is 0 Å². The highest BCUT2D eigenvalue weighted by Gasteiger charge is 2.38. The number of rotatable bonds is 3. The summed E-state index contributed by atoms with van der Waals surface area (Å²) in [7, 11) is 0. The quantitative estimate of drug-likeness (QED) is 0.599. The molecular weight excluding hydrogens is 431 g/mol. The summed E-state index contributed by atoms with van der Waals surface area (Å²) in [5, 5.41) is 10.6. The fourth-order valence-corrected chi connectivity index (χ4v) is 4.30. The Labute approximate surface area is 189 Å². The van der Waals surface area contributed by atoms with Crippen LogP contribution >= 0.6 is 0 Å². The van der Waals surface area contributed by atoms with Gasteiger partial charge in [0.25, 0.3) is 0 Å². The predicted octanol–water partition coefficient (Wildman–Crippen LogP) is 4.70. The predicted molar refractivity (Wildman–Crippen MR) is 121 cm³/mol. The second kappa shape index (κ2) is 9.62. The van der Waals surface area contributed by atoms with Gasteiger partial charge in [-0.15, -0.1) is 0 Å². The van der Waals surface area contributed by atoms with E-state index in [1.54, 1.807) is 0 Å². The van der Waals surface area contributed by atoms with Crippen molar-refractivity contribution in [2.24, 2.45) is 11.8 Å². The molecule has 5 nitrogen and oxygen atoms in total. The van der Waals surface area contributed by atoms with Gasteiger partial charge in [0, 0.05) is 31.7 Å². The fraction of sp³-hybridized carbons (Fsp3) is 0.280. The summed E-state index contributed by atoms with van der Waals surface area (Å²) >= 11 is 0. The van der Waals surface area contributed by atoms with Gasteiger partial charge in [0.2, 0.25) is 0 Å². The molecule has 5 rings (SSSR count). The molecule has 3 heterocycles. The van der Waals surface area contributed by atoms with Crippen LogP contribution in [0.2, 0.25) is 0 Å². The summed E-state index contributed by atoms with van der Waals surface area (Å²) in [4.78, 5) is 16.2. The number of carbonyl (C=O) groups is 1. The summed E-state index contributed by atoms with van der Waals surface area (Å²) < 4.78 is 31.7. The van der Waals surface area contributed by atoms with E-state index in [1.165, 1.54) is 35.5 Å². The lowest BCUT2D eigenvalue weighted by atomic mass is 10.0. The molecule has 0 saturated carbocycles. The number of aromatic nitrogens is 1. The molecular formula is C25H24F3N3O2. The molecule has 0 amide bonds. The maximum Gasteiger partial charge on any atom is 0.490 e. The zero-order valence-electron chi connectivity index (χ0n) is 17.8. The first-order valence-electron chi connectivity index (χ1n) is 10.7. The summed E-state index contributed by atoms with van der Waals surface area (Å²) in [6.07, 6.45) is -3.04. The van der Waals surface area contributed by atoms with Crippen LogP contribution in [0.1, 0.15) is 0 Å². The lowest BCUT2D eigenvalue weighted by Gasteiger charge is -2.19. The Morgan fingerprint density at radius 3 is 2.09 bits per heavy atom. The van der Waals surface area contributed by atoms with Gasteiger partial charge >= 0.3 is 12.1 Å². The molecule has 2 aliphatic heterocycles. The van der Waals surface area contributed by atoms with Crippen molar-refractivity contribution >= 4 is 11.7 Å². The molecule has 2 N–H and O–H groups in total. The smallest absolute Gasteiger partial charge is 0.475 e. The van der Waals surface area contributed by atoms with Gasteiger partial charge in [0.15, 0.2) is 0 Å². The van der Waals surface area contributed by atoms with Gasteiger partial charge in [0.05, 0.1) is 17.6 Å². The standard InChI is InChI=1S/C23H23N3.C2HF3O2/c1-2-5-17(6-3-1)18-7-4-8-19(11-18)23-10-9-22(14-25-23)26-15-20-12-24-13-21(20)16-26;3-2(4,5)1(6)7/h1-11,14,20-21,24H,12-13,15-16H2;(H,6,7). The Bertz CT molecular complexity index is 1080. The zero-order chi connectivity index (χ0) is 23.4. The number of nitrogens with zero attached hydrogens (tertiary/aromatic N) is 2. The Morgan fingerprint density at radius 2 is 1.52 bits per heavy atom. The first kappa shape index (κ1) is 22.8. The topological polar surface area (TPSA) is 65.5 Å². The van der Waals surface area contributed by atoms with Gasteiger partial charge in [-0.05, 0) is 41.2 Å². The van der Waals surface area contributed by atoms with E-state index in [-0.39, 0.29) is 0 Å². The third-order valence-corrected chi connectivity index (χ3v) is 6.01. The lowest BCUT2D eigenvalue weighted by Crippen LogP contribution is -2.25. The SMILES string of the molecule is O=C(O)C(F)(F)F.c1ccc(-c2cccc(-c3ccc(N4CC5CNCC5C4)cn3)c2)cc1. The normalized spacial score (nSPS) is 19.5. The van der Waals surface area contributed by atoms with Crippen molar-refractivity contribution in [1.29, 1.82) is 0 Å². The van der Waals surface area contributed by atoms with Crippen molar-refractivity contribution in [1.82, 2.24) is 10.3 Å². The van der Waals surface area contributed by atoms with Crippen LogP contribution in [-0.2, 0) is 4.79 Å². The molecule has 3 aromatic rings. The number of carboxylic acid groups (broad SMARTS) is 1. The molecule has 8 heteroatoms. The molecule has 0 radical (unpaired) electrons. The molecule has 0 spiro atoms. The first-order valence-corrected chi connectivity index (χ1v) is 10.7. The number of benzene rings is 2. The highest BCUT2D eigenvalue weighted by Crippen LogP contribution is 2.31. The minimum atomic E-state index is -5.08. The average molecular weight is 455 g/mol. The Hall–Kier alpha value is -3.39. The van der Waals surface area contributed by atoms with Crippen molar-refractivity contribution in [3.8, 4) is 22.4 Å². The van der Waals surface area contributed by atoms with Crippen molar-refractivity contribution in [2.45, 2.75) is 6.18 Å². The molecule has 2 unspecified atom stereocenters. The Morgan fingerprint density at radius 1 is 0.909 bits per heavy atom. The highest BCUT2D eigenvalue weighted by atomic mass is 19.4. The van der Waals surface area contributed by atoms with E-state index in [4.69, 9.17) is 14.9 Å².